The lowest BCUT2D eigenvalue weighted by Gasteiger charge is -1.98. The van der Waals surface area contributed by atoms with Crippen LogP contribution in [-0.4, -0.2) is 17.0 Å². The Kier molecular flexibility index (Phi) is 3.65. The Morgan fingerprint density at radius 1 is 1.50 bits per heavy atom. The third-order valence-corrected chi connectivity index (χ3v) is 1.74. The van der Waals surface area contributed by atoms with Crippen LogP contribution < -0.4 is 0 Å². The van der Waals surface area contributed by atoms with Crippen LogP contribution in [0.5, 0.6) is 0 Å². The number of hydrogen-bond donors (Lipinski definition) is 1. The van der Waals surface area contributed by atoms with Gasteiger partial charge < -0.3 is 5.11 Å². The summed E-state index contributed by atoms with van der Waals surface area (Å²) in [5, 5.41) is 8.64. The topological polar surface area (TPSA) is 37.3 Å². The van der Waals surface area contributed by atoms with E-state index < -0.39 is 11.8 Å². The zero-order chi connectivity index (χ0) is 10.6. The number of hydrogen-bond acceptors (Lipinski definition) is 1. The molecule has 0 fully saturated rings. The molecule has 0 spiro atoms. The number of rotatable bonds is 3. The summed E-state index contributed by atoms with van der Waals surface area (Å²) < 4.78 is 12.9. The number of benzene rings is 1. The van der Waals surface area contributed by atoms with Crippen LogP contribution in [0.25, 0.3) is 6.08 Å². The molecule has 4 heteroatoms. The van der Waals surface area contributed by atoms with Gasteiger partial charge in [0, 0.05) is 5.88 Å². The van der Waals surface area contributed by atoms with E-state index in [1.165, 1.54) is 12.1 Å². The third-order valence-electron chi connectivity index (χ3n) is 1.57. The molecule has 1 aromatic rings. The molecule has 1 rings (SSSR count). The molecular formula is C10H8ClFO2. The number of carboxylic acid groups (broad SMARTS) is 1. The van der Waals surface area contributed by atoms with E-state index in [9.17, 15) is 9.18 Å². The molecule has 74 valence electrons. The molecule has 0 aliphatic heterocycles. The first-order valence-electron chi connectivity index (χ1n) is 3.90. The van der Waals surface area contributed by atoms with Gasteiger partial charge >= 0.3 is 5.97 Å². The Hall–Kier alpha value is -1.35. The zero-order valence-corrected chi connectivity index (χ0v) is 7.96. The van der Waals surface area contributed by atoms with Crippen LogP contribution in [-0.2, 0) is 0 Å². The van der Waals surface area contributed by atoms with Gasteiger partial charge in [-0.15, -0.1) is 11.6 Å². The number of carboxylic acids is 1. The smallest absolute Gasteiger partial charge is 0.335 e. The molecule has 0 atom stereocenters. The highest BCUT2D eigenvalue weighted by Gasteiger charge is 2.05. The SMILES string of the molecule is O=C(O)c1cc(F)cc(C=CCCl)c1. The molecule has 2 nitrogen and oxygen atoms in total. The standard InChI is InChI=1S/C10H8ClFO2/c11-3-1-2-7-4-8(10(13)14)6-9(12)5-7/h1-2,4-6H,3H2,(H,13,14). The van der Waals surface area contributed by atoms with Crippen LogP contribution in [0.1, 0.15) is 15.9 Å². The number of aromatic carboxylic acids is 1. The van der Waals surface area contributed by atoms with Crippen molar-refractivity contribution in [2.24, 2.45) is 0 Å². The second-order valence-corrected chi connectivity index (χ2v) is 2.94. The molecule has 1 aromatic carbocycles. The Balaban J connectivity index is 3.07. The lowest BCUT2D eigenvalue weighted by atomic mass is 10.1. The summed E-state index contributed by atoms with van der Waals surface area (Å²) in [6, 6.07) is 3.60. The third kappa shape index (κ3) is 2.85. The number of alkyl halides is 1. The van der Waals surface area contributed by atoms with E-state index in [4.69, 9.17) is 16.7 Å². The van der Waals surface area contributed by atoms with Crippen molar-refractivity contribution < 1.29 is 14.3 Å². The quantitative estimate of drug-likeness (QED) is 0.786. The van der Waals surface area contributed by atoms with Crippen molar-refractivity contribution in [3.63, 3.8) is 0 Å². The van der Waals surface area contributed by atoms with Gasteiger partial charge in [0.25, 0.3) is 0 Å². The highest BCUT2D eigenvalue weighted by Crippen LogP contribution is 2.11. The fourth-order valence-electron chi connectivity index (χ4n) is 1.01. The molecular weight excluding hydrogens is 207 g/mol. The molecule has 0 aromatic heterocycles. The fourth-order valence-corrected chi connectivity index (χ4v) is 1.10. The van der Waals surface area contributed by atoms with Gasteiger partial charge in [-0.2, -0.15) is 0 Å². The minimum absolute atomic E-state index is 0.0702. The van der Waals surface area contributed by atoms with E-state index in [2.05, 4.69) is 0 Å². The van der Waals surface area contributed by atoms with E-state index in [0.29, 0.717) is 11.4 Å². The fraction of sp³-hybridized carbons (Fsp3) is 0.100. The molecule has 0 saturated heterocycles. The van der Waals surface area contributed by atoms with Crippen molar-refractivity contribution in [3.05, 3.63) is 41.2 Å². The van der Waals surface area contributed by atoms with Crippen LogP contribution in [0.15, 0.2) is 24.3 Å². The van der Waals surface area contributed by atoms with Gasteiger partial charge in [0.05, 0.1) is 5.56 Å². The van der Waals surface area contributed by atoms with Crippen LogP contribution in [0.3, 0.4) is 0 Å². The highest BCUT2D eigenvalue weighted by atomic mass is 35.5. The molecule has 0 unspecified atom stereocenters. The molecule has 0 bridgehead atoms. The predicted molar refractivity (Wildman–Crippen MR) is 53.1 cm³/mol. The Labute approximate surface area is 85.6 Å². The van der Waals surface area contributed by atoms with E-state index in [0.717, 1.165) is 6.07 Å². The maximum atomic E-state index is 12.9. The van der Waals surface area contributed by atoms with Gasteiger partial charge in [0.1, 0.15) is 5.82 Å². The molecule has 0 radical (unpaired) electrons. The van der Waals surface area contributed by atoms with Crippen LogP contribution in [0.4, 0.5) is 4.39 Å². The average molecular weight is 215 g/mol. The Morgan fingerprint density at radius 3 is 2.79 bits per heavy atom. The monoisotopic (exact) mass is 214 g/mol. The number of allylic oxidation sites excluding steroid dienone is 1. The minimum Gasteiger partial charge on any atom is -0.478 e. The summed E-state index contributed by atoms with van der Waals surface area (Å²) in [6.45, 7) is 0. The van der Waals surface area contributed by atoms with Gasteiger partial charge in [-0.05, 0) is 23.8 Å². The van der Waals surface area contributed by atoms with Gasteiger partial charge in [-0.1, -0.05) is 12.2 Å². The molecule has 0 heterocycles. The average Bonchev–Trinajstić information content (AvgIpc) is 2.14. The zero-order valence-electron chi connectivity index (χ0n) is 7.21. The molecule has 0 amide bonds. The summed E-state index contributed by atoms with van der Waals surface area (Å²) >= 11 is 5.40. The first-order chi connectivity index (χ1) is 6.63. The lowest BCUT2D eigenvalue weighted by molar-refractivity contribution is 0.0696. The number of carbonyl (C=O) groups is 1. The first kappa shape index (κ1) is 10.7. The molecule has 1 N–H and O–H groups in total. The van der Waals surface area contributed by atoms with E-state index >= 15 is 0 Å². The van der Waals surface area contributed by atoms with Crippen molar-refractivity contribution in [2.45, 2.75) is 0 Å². The van der Waals surface area contributed by atoms with Gasteiger partial charge in [-0.25, -0.2) is 9.18 Å². The van der Waals surface area contributed by atoms with Crippen molar-refractivity contribution in [2.75, 3.05) is 5.88 Å². The van der Waals surface area contributed by atoms with E-state index in [-0.39, 0.29) is 5.56 Å². The minimum atomic E-state index is -1.15. The van der Waals surface area contributed by atoms with Crippen LogP contribution in [0.2, 0.25) is 0 Å². The summed E-state index contributed by atoms with van der Waals surface area (Å²) in [5.41, 5.74) is 0.419. The Morgan fingerprint density at radius 2 is 2.21 bits per heavy atom. The maximum Gasteiger partial charge on any atom is 0.335 e. The summed E-state index contributed by atoms with van der Waals surface area (Å²) in [5.74, 6) is -1.41. The van der Waals surface area contributed by atoms with Crippen molar-refractivity contribution in [1.82, 2.24) is 0 Å². The highest BCUT2D eigenvalue weighted by molar-refractivity contribution is 6.19. The largest absolute Gasteiger partial charge is 0.478 e. The summed E-state index contributed by atoms with van der Waals surface area (Å²) in [7, 11) is 0. The van der Waals surface area contributed by atoms with Crippen LogP contribution >= 0.6 is 11.6 Å². The lowest BCUT2D eigenvalue weighted by Crippen LogP contribution is -1.97. The van der Waals surface area contributed by atoms with E-state index in [1.807, 2.05) is 0 Å². The predicted octanol–water partition coefficient (Wildman–Crippen LogP) is 2.78. The second-order valence-electron chi connectivity index (χ2n) is 2.64. The van der Waals surface area contributed by atoms with Gasteiger partial charge in [0.2, 0.25) is 0 Å². The summed E-state index contributed by atoms with van der Waals surface area (Å²) in [6.07, 6.45) is 3.18. The van der Waals surface area contributed by atoms with Gasteiger partial charge in [0.15, 0.2) is 0 Å². The summed E-state index contributed by atoms with van der Waals surface area (Å²) in [4.78, 5) is 10.6. The van der Waals surface area contributed by atoms with Crippen molar-refractivity contribution >= 4 is 23.6 Å². The van der Waals surface area contributed by atoms with Gasteiger partial charge in [-0.3, -0.25) is 0 Å². The van der Waals surface area contributed by atoms with Crippen molar-refractivity contribution in [1.29, 1.82) is 0 Å². The maximum absolute atomic E-state index is 12.9. The molecule has 0 aliphatic carbocycles. The number of halogens is 2. The molecule has 0 aliphatic rings. The molecule has 0 saturated carbocycles. The normalized spacial score (nSPS) is 10.7. The van der Waals surface area contributed by atoms with E-state index in [1.54, 1.807) is 12.2 Å². The van der Waals surface area contributed by atoms with Crippen molar-refractivity contribution in [3.8, 4) is 0 Å². The first-order valence-corrected chi connectivity index (χ1v) is 4.43. The Bertz CT molecular complexity index is 374. The van der Waals surface area contributed by atoms with Crippen LogP contribution in [0, 0.1) is 5.82 Å². The molecule has 14 heavy (non-hydrogen) atoms. The second kappa shape index (κ2) is 4.77.